The van der Waals surface area contributed by atoms with Crippen LogP contribution in [0, 0.1) is 0 Å². The molecule has 0 saturated carbocycles. The average molecular weight is 417 g/mol. The van der Waals surface area contributed by atoms with Crippen LogP contribution in [0.5, 0.6) is 0 Å². The van der Waals surface area contributed by atoms with Crippen LogP contribution in [0.2, 0.25) is 0 Å². The number of esters is 1. The van der Waals surface area contributed by atoms with E-state index < -0.39 is 42.4 Å². The number of hydrogen-bond acceptors (Lipinski definition) is 6. The minimum atomic E-state index is -0.980. The fourth-order valence-electron chi connectivity index (χ4n) is 3.48. The molecule has 1 saturated heterocycles. The molecular formula is C21H27N3O6. The molecule has 1 aromatic carbocycles. The normalized spacial score (nSPS) is 15.0. The summed E-state index contributed by atoms with van der Waals surface area (Å²) in [4.78, 5) is 61.2. The van der Waals surface area contributed by atoms with E-state index in [9.17, 15) is 24.0 Å². The summed E-state index contributed by atoms with van der Waals surface area (Å²) in [6, 6.07) is 5.50. The van der Waals surface area contributed by atoms with Gasteiger partial charge in [0.05, 0.1) is 0 Å². The summed E-state index contributed by atoms with van der Waals surface area (Å²) < 4.78 is 4.97. The van der Waals surface area contributed by atoms with Crippen molar-refractivity contribution in [3.63, 3.8) is 0 Å². The third kappa shape index (κ3) is 5.43. The number of amides is 4. The molecule has 9 heteroatoms. The lowest BCUT2D eigenvalue weighted by molar-refractivity contribution is -0.147. The van der Waals surface area contributed by atoms with Gasteiger partial charge in [0.2, 0.25) is 5.91 Å². The van der Waals surface area contributed by atoms with Crippen molar-refractivity contribution in [1.82, 2.24) is 10.2 Å². The average Bonchev–Trinajstić information content (AvgIpc) is 2.91. The van der Waals surface area contributed by atoms with E-state index in [1.165, 1.54) is 19.1 Å². The molecule has 30 heavy (non-hydrogen) atoms. The second-order valence-corrected chi connectivity index (χ2v) is 7.25. The molecule has 0 atom stereocenters. The van der Waals surface area contributed by atoms with Gasteiger partial charge in [-0.15, -0.1) is 0 Å². The fraction of sp³-hybridized carbons (Fsp3) is 0.476. The van der Waals surface area contributed by atoms with Gasteiger partial charge >= 0.3 is 12.0 Å². The van der Waals surface area contributed by atoms with Gasteiger partial charge in [0.15, 0.2) is 12.4 Å². The van der Waals surface area contributed by atoms with Crippen LogP contribution < -0.4 is 10.6 Å². The maximum atomic E-state index is 12.8. The molecule has 162 valence electrons. The van der Waals surface area contributed by atoms with Crippen molar-refractivity contribution in [1.29, 1.82) is 0 Å². The molecule has 1 aromatic rings. The topological polar surface area (TPSA) is 122 Å². The summed E-state index contributed by atoms with van der Waals surface area (Å²) in [6.07, 6.45) is 2.40. The van der Waals surface area contributed by atoms with Crippen LogP contribution in [0.3, 0.4) is 0 Å². The molecular weight excluding hydrogens is 390 g/mol. The van der Waals surface area contributed by atoms with Crippen molar-refractivity contribution in [2.45, 2.75) is 52.0 Å². The van der Waals surface area contributed by atoms with E-state index in [1.54, 1.807) is 12.1 Å². The zero-order valence-electron chi connectivity index (χ0n) is 17.4. The van der Waals surface area contributed by atoms with E-state index >= 15 is 0 Å². The fourth-order valence-corrected chi connectivity index (χ4v) is 3.48. The summed E-state index contributed by atoms with van der Waals surface area (Å²) >= 11 is 0. The lowest BCUT2D eigenvalue weighted by Gasteiger charge is -2.25. The summed E-state index contributed by atoms with van der Waals surface area (Å²) in [5, 5.41) is 5.30. The standard InChI is InChI=1S/C21H27N3O6/c1-4-10-21(11-5-2)19(28)24(20(29)23-21)12-18(27)30-13-17(26)15-6-8-16(9-7-15)22-14(3)25/h6-9H,4-5,10-13H2,1-3H3,(H,22,25)(H,23,29). The van der Waals surface area contributed by atoms with Crippen molar-refractivity contribution >= 4 is 35.3 Å². The van der Waals surface area contributed by atoms with Gasteiger partial charge in [0.1, 0.15) is 12.1 Å². The number of benzene rings is 1. The Hall–Kier alpha value is -3.23. The second kappa shape index (κ2) is 10.00. The molecule has 0 bridgehead atoms. The first-order chi connectivity index (χ1) is 14.2. The van der Waals surface area contributed by atoms with Crippen molar-refractivity contribution in [2.24, 2.45) is 0 Å². The number of imide groups is 1. The summed E-state index contributed by atoms with van der Waals surface area (Å²) in [7, 11) is 0. The van der Waals surface area contributed by atoms with Crippen molar-refractivity contribution in [2.75, 3.05) is 18.5 Å². The highest BCUT2D eigenvalue weighted by molar-refractivity contribution is 6.08. The molecule has 1 fully saturated rings. The van der Waals surface area contributed by atoms with Crippen molar-refractivity contribution < 1.29 is 28.7 Å². The molecule has 0 radical (unpaired) electrons. The maximum absolute atomic E-state index is 12.8. The van der Waals surface area contributed by atoms with Gasteiger partial charge in [-0.1, -0.05) is 26.7 Å². The van der Waals surface area contributed by atoms with Crippen LogP contribution in [-0.2, 0) is 19.1 Å². The number of nitrogens with zero attached hydrogens (tertiary/aromatic N) is 1. The molecule has 2 N–H and O–H groups in total. The van der Waals surface area contributed by atoms with Crippen LogP contribution in [0.1, 0.15) is 56.8 Å². The predicted octanol–water partition coefficient (Wildman–Crippen LogP) is 2.26. The molecule has 0 unspecified atom stereocenters. The number of Topliss-reactive ketones (excluding diaryl/α,β-unsaturated/α-hetero) is 1. The van der Waals surface area contributed by atoms with E-state index in [0.717, 1.165) is 4.90 Å². The number of ether oxygens (including phenoxy) is 1. The highest BCUT2D eigenvalue weighted by Crippen LogP contribution is 2.28. The number of carbonyl (C=O) groups is 5. The molecule has 9 nitrogen and oxygen atoms in total. The molecule has 4 amide bonds. The zero-order valence-corrected chi connectivity index (χ0v) is 17.4. The largest absolute Gasteiger partial charge is 0.456 e. The van der Waals surface area contributed by atoms with Gasteiger partial charge in [-0.3, -0.25) is 24.1 Å². The quantitative estimate of drug-likeness (QED) is 0.342. The lowest BCUT2D eigenvalue weighted by atomic mass is 9.88. The van der Waals surface area contributed by atoms with Gasteiger partial charge < -0.3 is 15.4 Å². The van der Waals surface area contributed by atoms with Crippen molar-refractivity contribution in [3.05, 3.63) is 29.8 Å². The zero-order chi connectivity index (χ0) is 22.3. The highest BCUT2D eigenvalue weighted by Gasteiger charge is 2.50. The number of rotatable bonds is 10. The van der Waals surface area contributed by atoms with E-state index in [-0.39, 0.29) is 5.91 Å². The van der Waals surface area contributed by atoms with Crippen LogP contribution >= 0.6 is 0 Å². The lowest BCUT2D eigenvalue weighted by Crippen LogP contribution is -2.47. The molecule has 2 rings (SSSR count). The first kappa shape index (κ1) is 23.1. The minimum Gasteiger partial charge on any atom is -0.456 e. The van der Waals surface area contributed by atoms with Gasteiger partial charge in [-0.05, 0) is 37.1 Å². The monoisotopic (exact) mass is 417 g/mol. The minimum absolute atomic E-state index is 0.231. The molecule has 0 aromatic heterocycles. The number of urea groups is 1. The number of nitrogens with one attached hydrogen (secondary N) is 2. The van der Waals surface area contributed by atoms with Gasteiger partial charge in [-0.2, -0.15) is 0 Å². The van der Waals surface area contributed by atoms with Crippen LogP contribution in [0.4, 0.5) is 10.5 Å². The Morgan fingerprint density at radius 1 is 1.07 bits per heavy atom. The van der Waals surface area contributed by atoms with E-state index in [1.807, 2.05) is 13.8 Å². The Morgan fingerprint density at radius 3 is 2.20 bits per heavy atom. The van der Waals surface area contributed by atoms with Crippen molar-refractivity contribution in [3.8, 4) is 0 Å². The third-order valence-corrected chi connectivity index (χ3v) is 4.78. The summed E-state index contributed by atoms with van der Waals surface area (Å²) in [6.45, 7) is 4.15. The summed E-state index contributed by atoms with van der Waals surface area (Å²) in [5.41, 5.74) is -0.138. The molecule has 0 aliphatic carbocycles. The predicted molar refractivity (Wildman–Crippen MR) is 109 cm³/mol. The highest BCUT2D eigenvalue weighted by atomic mass is 16.5. The Bertz CT molecular complexity index is 828. The molecule has 1 aliphatic rings. The van der Waals surface area contributed by atoms with Gasteiger partial charge in [0.25, 0.3) is 5.91 Å². The number of hydrogen-bond donors (Lipinski definition) is 2. The van der Waals surface area contributed by atoms with E-state index in [0.29, 0.717) is 36.9 Å². The van der Waals surface area contributed by atoms with Gasteiger partial charge in [0, 0.05) is 18.2 Å². The number of carbonyl (C=O) groups excluding carboxylic acids is 5. The van der Waals surface area contributed by atoms with Crippen LogP contribution in [-0.4, -0.2) is 53.2 Å². The van der Waals surface area contributed by atoms with E-state index in [4.69, 9.17) is 4.74 Å². The first-order valence-electron chi connectivity index (χ1n) is 9.93. The molecule has 1 heterocycles. The van der Waals surface area contributed by atoms with E-state index in [2.05, 4.69) is 10.6 Å². The maximum Gasteiger partial charge on any atom is 0.326 e. The molecule has 0 spiro atoms. The third-order valence-electron chi connectivity index (χ3n) is 4.78. The Morgan fingerprint density at radius 2 is 1.67 bits per heavy atom. The Balaban J connectivity index is 1.92. The SMILES string of the molecule is CCCC1(CCC)NC(=O)N(CC(=O)OCC(=O)c2ccc(NC(C)=O)cc2)C1=O. The number of anilines is 1. The van der Waals surface area contributed by atoms with Crippen LogP contribution in [0.25, 0.3) is 0 Å². The van der Waals surface area contributed by atoms with Crippen LogP contribution in [0.15, 0.2) is 24.3 Å². The Kier molecular flexibility index (Phi) is 7.68. The smallest absolute Gasteiger partial charge is 0.326 e. The molecule has 1 aliphatic heterocycles. The Labute approximate surface area is 175 Å². The van der Waals surface area contributed by atoms with Gasteiger partial charge in [-0.25, -0.2) is 4.79 Å². The summed E-state index contributed by atoms with van der Waals surface area (Å²) in [5.74, 6) is -1.95. The number of ketones is 1. The first-order valence-corrected chi connectivity index (χ1v) is 9.93. The second-order valence-electron chi connectivity index (χ2n) is 7.25.